The number of hydrogen-bond acceptors (Lipinski definition) is 14. The van der Waals surface area contributed by atoms with Crippen LogP contribution in [0, 0.1) is 11.3 Å². The minimum absolute atomic E-state index is 0.0548. The van der Waals surface area contributed by atoms with Crippen molar-refractivity contribution in [3.63, 3.8) is 0 Å². The van der Waals surface area contributed by atoms with Gasteiger partial charge in [-0.1, -0.05) is 43.7 Å². The highest BCUT2D eigenvalue weighted by Gasteiger charge is 2.27. The maximum Gasteiger partial charge on any atom is 0.326 e. The number of nitriles is 1. The van der Waals surface area contributed by atoms with Gasteiger partial charge in [0.05, 0.1) is 24.5 Å². The number of carbonyl (C=O) groups excluding carboxylic acids is 3. The topological polar surface area (TPSA) is 258 Å². The zero-order chi connectivity index (χ0) is 38.8. The average Bonchev–Trinajstić information content (AvgIpc) is 3.12. The number of nitrogens with two attached hydrogens (primary N) is 1. The number of nitrogens with one attached hydrogen (secondary N) is 5. The number of hydrogen-bond donors (Lipinski definition) is 7. The van der Waals surface area contributed by atoms with Gasteiger partial charge in [-0.2, -0.15) is 10.2 Å². The van der Waals surface area contributed by atoms with Crippen LogP contribution in [-0.4, -0.2) is 81.9 Å². The summed E-state index contributed by atoms with van der Waals surface area (Å²) in [7, 11) is 0. The Morgan fingerprint density at radius 1 is 1.06 bits per heavy atom. The number of fused-ring (bicyclic) bond motifs is 1. The summed E-state index contributed by atoms with van der Waals surface area (Å²) in [5.74, 6) is -1.49. The van der Waals surface area contributed by atoms with Crippen molar-refractivity contribution in [1.82, 2.24) is 35.9 Å². The lowest BCUT2D eigenvalue weighted by atomic mass is 10.1. The summed E-state index contributed by atoms with van der Waals surface area (Å²) in [5.41, 5.74) is 6.55. The first-order valence-electron chi connectivity index (χ1n) is 17.0. The van der Waals surface area contributed by atoms with Crippen LogP contribution in [0.25, 0.3) is 11.2 Å². The summed E-state index contributed by atoms with van der Waals surface area (Å²) >= 11 is 8.13. The molecule has 0 fully saturated rings. The number of thioether (sulfide) groups is 2. The van der Waals surface area contributed by atoms with E-state index in [0.29, 0.717) is 34.4 Å². The summed E-state index contributed by atoms with van der Waals surface area (Å²) in [6.07, 6.45) is 5.13. The Kier molecular flexibility index (Phi) is 17.4. The second-order valence-electron chi connectivity index (χ2n) is 12.1. The number of H-pyrrole nitrogens is 1. The van der Waals surface area contributed by atoms with E-state index in [4.69, 9.17) is 18.0 Å². The molecule has 0 aliphatic heterocycles. The minimum atomic E-state index is -1.26. The molecule has 53 heavy (non-hydrogen) atoms. The minimum Gasteiger partial charge on any atom is -0.480 e. The number of amides is 3. The van der Waals surface area contributed by atoms with Gasteiger partial charge in [0.15, 0.2) is 11.2 Å². The van der Waals surface area contributed by atoms with Gasteiger partial charge in [-0.3, -0.25) is 24.2 Å². The Labute approximate surface area is 320 Å². The summed E-state index contributed by atoms with van der Waals surface area (Å²) < 4.78 is -0.0375. The number of aromatic nitrogens is 4. The number of unbranched alkanes of at least 4 members (excludes halogenated alkanes) is 3. The molecule has 284 valence electrons. The van der Waals surface area contributed by atoms with Gasteiger partial charge in [-0.15, -0.1) is 11.8 Å². The molecular weight excluding hydrogens is 741 g/mol. The van der Waals surface area contributed by atoms with Crippen LogP contribution in [0.3, 0.4) is 0 Å². The highest BCUT2D eigenvalue weighted by Crippen LogP contribution is 2.34. The summed E-state index contributed by atoms with van der Waals surface area (Å²) in [4.78, 5) is 75.9. The second kappa shape index (κ2) is 21.7. The van der Waals surface area contributed by atoms with Crippen LogP contribution in [-0.2, 0) is 20.9 Å². The standard InChI is InChI=1S/C34H44N10O6S3/c1-3-52-33(51)53-34(2,20-35)15-14-26(46)38-17-7-5-4-6-16-37-25(45)13-12-24(31(49)50)42-29(47)21-8-10-22(11-9-21)39-18-23-19-40-28-27(41-23)30(48)44-32(36)43-28/h8-11,19,24,39H,3-7,12-18H2,1-2H3,(H,37,45)(H,38,46)(H,42,47)(H,49,50)(H3,36,40,43,44,48). The highest BCUT2D eigenvalue weighted by atomic mass is 32.2. The lowest BCUT2D eigenvalue weighted by Crippen LogP contribution is -2.41. The van der Waals surface area contributed by atoms with E-state index in [2.05, 4.69) is 47.3 Å². The van der Waals surface area contributed by atoms with E-state index in [1.54, 1.807) is 19.1 Å². The molecule has 0 radical (unpaired) electrons. The normalized spacial score (nSPS) is 12.5. The molecule has 2 atom stereocenters. The maximum atomic E-state index is 12.8. The van der Waals surface area contributed by atoms with Gasteiger partial charge in [-0.25, -0.2) is 14.8 Å². The van der Waals surface area contributed by atoms with Gasteiger partial charge in [-0.05, 0) is 62.6 Å². The van der Waals surface area contributed by atoms with Crippen LogP contribution in [0.15, 0.2) is 35.3 Å². The Bertz CT molecular complexity index is 1850. The van der Waals surface area contributed by atoms with E-state index in [1.807, 2.05) is 6.92 Å². The Balaban J connectivity index is 1.29. The van der Waals surface area contributed by atoms with E-state index in [9.17, 15) is 34.3 Å². The number of anilines is 2. The molecule has 3 rings (SSSR count). The number of carbonyl (C=O) groups is 4. The molecular formula is C34H44N10O6S3. The number of aliphatic carboxylic acids is 1. The largest absolute Gasteiger partial charge is 0.480 e. The van der Waals surface area contributed by atoms with Crippen LogP contribution in [0.2, 0.25) is 0 Å². The summed E-state index contributed by atoms with van der Waals surface area (Å²) in [5, 5.41) is 30.4. The molecule has 19 heteroatoms. The molecule has 3 aromatic rings. The molecule has 0 aliphatic rings. The number of nitrogen functional groups attached to an aromatic ring is 1. The second-order valence-corrected chi connectivity index (χ2v) is 16.0. The Morgan fingerprint density at radius 2 is 1.72 bits per heavy atom. The molecule has 2 unspecified atom stereocenters. The van der Waals surface area contributed by atoms with Gasteiger partial charge in [0.1, 0.15) is 14.3 Å². The van der Waals surface area contributed by atoms with Crippen LogP contribution in [0.1, 0.15) is 81.3 Å². The maximum absolute atomic E-state index is 12.8. The van der Waals surface area contributed by atoms with E-state index >= 15 is 0 Å². The van der Waals surface area contributed by atoms with Crippen molar-refractivity contribution in [3.8, 4) is 6.07 Å². The molecule has 0 saturated carbocycles. The zero-order valence-electron chi connectivity index (χ0n) is 29.5. The first kappa shape index (κ1) is 42.6. The monoisotopic (exact) mass is 784 g/mol. The third-order valence-electron chi connectivity index (χ3n) is 7.75. The third-order valence-corrected chi connectivity index (χ3v) is 10.4. The van der Waals surface area contributed by atoms with Crippen molar-refractivity contribution >= 4 is 85.8 Å². The first-order chi connectivity index (χ1) is 25.3. The smallest absolute Gasteiger partial charge is 0.326 e. The predicted octanol–water partition coefficient (Wildman–Crippen LogP) is 3.50. The van der Waals surface area contributed by atoms with Crippen molar-refractivity contribution < 1.29 is 24.3 Å². The van der Waals surface area contributed by atoms with Gasteiger partial charge in [0, 0.05) is 37.2 Å². The fraction of sp³-hybridized carbons (Fsp3) is 0.471. The van der Waals surface area contributed by atoms with E-state index < -0.39 is 28.2 Å². The van der Waals surface area contributed by atoms with Crippen molar-refractivity contribution in [2.75, 3.05) is 29.9 Å². The number of nitrogens with zero attached hydrogens (tertiary/aromatic N) is 4. The number of rotatable bonds is 21. The number of benzene rings is 1. The molecule has 8 N–H and O–H groups in total. The van der Waals surface area contributed by atoms with E-state index in [0.717, 1.165) is 31.4 Å². The van der Waals surface area contributed by atoms with Crippen LogP contribution < -0.4 is 32.6 Å². The fourth-order valence-electron chi connectivity index (χ4n) is 4.81. The molecule has 0 spiro atoms. The van der Waals surface area contributed by atoms with Gasteiger partial charge < -0.3 is 32.1 Å². The van der Waals surface area contributed by atoms with Crippen LogP contribution >= 0.6 is 35.7 Å². The molecule has 2 aromatic heterocycles. The average molecular weight is 785 g/mol. The number of carboxylic acid groups (broad SMARTS) is 1. The number of carboxylic acids is 1. The van der Waals surface area contributed by atoms with E-state index in [1.165, 1.54) is 41.9 Å². The summed E-state index contributed by atoms with van der Waals surface area (Å²) in [6, 6.07) is 7.33. The zero-order valence-corrected chi connectivity index (χ0v) is 32.0. The van der Waals surface area contributed by atoms with E-state index in [-0.39, 0.29) is 60.3 Å². The summed E-state index contributed by atoms with van der Waals surface area (Å²) in [6.45, 7) is 4.97. The first-order valence-corrected chi connectivity index (χ1v) is 19.2. The van der Waals surface area contributed by atoms with Crippen LogP contribution in [0.5, 0.6) is 0 Å². The highest BCUT2D eigenvalue weighted by molar-refractivity contribution is 8.47. The Hall–Kier alpha value is -4.80. The lowest BCUT2D eigenvalue weighted by molar-refractivity contribution is -0.139. The predicted molar refractivity (Wildman–Crippen MR) is 210 cm³/mol. The van der Waals surface area contributed by atoms with Gasteiger partial charge in [0.25, 0.3) is 11.5 Å². The number of aromatic amines is 1. The molecule has 0 saturated heterocycles. The third kappa shape index (κ3) is 15.0. The van der Waals surface area contributed by atoms with Crippen molar-refractivity contribution in [3.05, 3.63) is 52.1 Å². The molecule has 0 aliphatic carbocycles. The SMILES string of the molecule is CCSC(=S)SC(C)(C#N)CCC(=O)NCCCCCCNC(=O)CCC(NC(=O)c1ccc(NCc2cnc3nc(N)[nH]c(=O)c3n2)cc1)C(=O)O. The van der Waals surface area contributed by atoms with Gasteiger partial charge >= 0.3 is 5.97 Å². The molecule has 0 bridgehead atoms. The van der Waals surface area contributed by atoms with Crippen molar-refractivity contribution in [1.29, 1.82) is 5.26 Å². The number of thiocarbonyl (C=S) groups is 1. The quantitative estimate of drug-likeness (QED) is 0.0603. The molecule has 1 aromatic carbocycles. The van der Waals surface area contributed by atoms with Crippen LogP contribution in [0.4, 0.5) is 11.6 Å². The fourth-order valence-corrected chi connectivity index (χ4v) is 7.71. The van der Waals surface area contributed by atoms with Gasteiger partial charge in [0.2, 0.25) is 17.8 Å². The molecule has 3 amide bonds. The van der Waals surface area contributed by atoms with Crippen molar-refractivity contribution in [2.24, 2.45) is 0 Å². The lowest BCUT2D eigenvalue weighted by Gasteiger charge is -2.20. The molecule has 16 nitrogen and oxygen atoms in total. The molecule has 2 heterocycles. The Morgan fingerprint density at radius 3 is 2.34 bits per heavy atom. The van der Waals surface area contributed by atoms with Crippen molar-refractivity contribution in [2.45, 2.75) is 82.5 Å².